The Balaban J connectivity index is 1.40. The van der Waals surface area contributed by atoms with Gasteiger partial charge in [-0.2, -0.15) is 0 Å². The number of nitrogens with two attached hydrogens (primary N) is 2. The van der Waals surface area contributed by atoms with E-state index >= 15 is 0 Å². The monoisotopic (exact) mass is 576 g/mol. The molecule has 0 saturated carbocycles. The predicted molar refractivity (Wildman–Crippen MR) is 155 cm³/mol. The highest BCUT2D eigenvalue weighted by molar-refractivity contribution is 6.05. The van der Waals surface area contributed by atoms with Gasteiger partial charge in [-0.1, -0.05) is 54.6 Å². The summed E-state index contributed by atoms with van der Waals surface area (Å²) in [6.45, 7) is -0.231. The van der Waals surface area contributed by atoms with E-state index in [0.29, 0.717) is 24.8 Å². The molecule has 1 saturated heterocycles. The van der Waals surface area contributed by atoms with Gasteiger partial charge in [-0.3, -0.25) is 24.5 Å². The molecule has 42 heavy (non-hydrogen) atoms. The van der Waals surface area contributed by atoms with E-state index < -0.39 is 58.9 Å². The maximum Gasteiger partial charge on any atom is 0.276 e. The minimum Gasteiger partial charge on any atom is -0.632 e. The standard InChI is InChI=1S/C30H36N6O6/c31-21(17-27(38)35-30(41)23-14-13-20-10-4-5-11-22(20)33-23)29(40)34-24(16-19-8-2-1-3-9-19)26(37)18-36(42)15-7-6-12-25(36)28(32)39/h1-5,8-11,13-14,21,24-26,37H,6-7,12,15-18,31H2,(H2,32,39)(H,34,40)(H,35,38,41)/t21-,24?,25?,26?,36?/m0/s1. The van der Waals surface area contributed by atoms with E-state index in [1.807, 2.05) is 18.2 Å². The maximum atomic E-state index is 13.6. The maximum absolute atomic E-state index is 13.6. The number of quaternary nitrogens is 1. The zero-order chi connectivity index (χ0) is 30.3. The first-order valence-corrected chi connectivity index (χ1v) is 13.9. The third-order valence-electron chi connectivity index (χ3n) is 7.57. The zero-order valence-corrected chi connectivity index (χ0v) is 23.1. The second-order valence-electron chi connectivity index (χ2n) is 10.7. The summed E-state index contributed by atoms with van der Waals surface area (Å²) in [5.74, 6) is -2.98. The average Bonchev–Trinajstić information content (AvgIpc) is 2.96. The lowest BCUT2D eigenvalue weighted by atomic mass is 9.96. The lowest BCUT2D eigenvalue weighted by molar-refractivity contribution is -0.904. The van der Waals surface area contributed by atoms with Gasteiger partial charge in [0.15, 0.2) is 6.04 Å². The summed E-state index contributed by atoms with van der Waals surface area (Å²) in [7, 11) is 0. The van der Waals surface area contributed by atoms with Crippen LogP contribution < -0.4 is 22.1 Å². The number of carbonyl (C=O) groups excluding carboxylic acids is 4. The number of aliphatic hydroxyl groups is 1. The van der Waals surface area contributed by atoms with Crippen LogP contribution in [0.3, 0.4) is 0 Å². The van der Waals surface area contributed by atoms with Crippen molar-refractivity contribution < 1.29 is 28.9 Å². The van der Waals surface area contributed by atoms with Crippen LogP contribution in [0, 0.1) is 5.21 Å². The Hall–Kier alpha value is -4.23. The molecule has 0 bridgehead atoms. The van der Waals surface area contributed by atoms with Crippen molar-refractivity contribution in [3.8, 4) is 0 Å². The van der Waals surface area contributed by atoms with Gasteiger partial charge >= 0.3 is 0 Å². The number of imide groups is 1. The van der Waals surface area contributed by atoms with E-state index in [-0.39, 0.29) is 25.2 Å². The molecule has 12 heteroatoms. The highest BCUT2D eigenvalue weighted by atomic mass is 16.6. The van der Waals surface area contributed by atoms with Crippen LogP contribution >= 0.6 is 0 Å². The third kappa shape index (κ3) is 7.74. The molecular formula is C30H36N6O6. The Kier molecular flexibility index (Phi) is 9.96. The van der Waals surface area contributed by atoms with Crippen LogP contribution in [0.1, 0.15) is 41.7 Å². The Bertz CT molecular complexity index is 1440. The first kappa shape index (κ1) is 30.7. The molecule has 0 aliphatic carbocycles. The Morgan fingerprint density at radius 2 is 1.74 bits per heavy atom. The number of para-hydroxylation sites is 1. The summed E-state index contributed by atoms with van der Waals surface area (Å²) < 4.78 is -0.975. The van der Waals surface area contributed by atoms with Gasteiger partial charge in [0.1, 0.15) is 18.3 Å². The van der Waals surface area contributed by atoms with Gasteiger partial charge in [0.05, 0.1) is 30.6 Å². The van der Waals surface area contributed by atoms with E-state index in [9.17, 15) is 29.5 Å². The normalized spacial score (nSPS) is 20.7. The summed E-state index contributed by atoms with van der Waals surface area (Å²) in [6.07, 6.45) is -0.0808. The van der Waals surface area contributed by atoms with Crippen LogP contribution in [-0.2, 0) is 20.8 Å². The van der Waals surface area contributed by atoms with Gasteiger partial charge < -0.3 is 31.7 Å². The number of aromatic nitrogens is 1. The van der Waals surface area contributed by atoms with E-state index in [0.717, 1.165) is 10.9 Å². The zero-order valence-electron chi connectivity index (χ0n) is 23.1. The first-order valence-electron chi connectivity index (χ1n) is 13.9. The topological polar surface area (TPSA) is 201 Å². The number of piperidine rings is 1. The third-order valence-corrected chi connectivity index (χ3v) is 7.57. The molecule has 1 aliphatic heterocycles. The van der Waals surface area contributed by atoms with Crippen molar-refractivity contribution >= 4 is 34.5 Å². The summed E-state index contributed by atoms with van der Waals surface area (Å²) in [4.78, 5) is 54.4. The summed E-state index contributed by atoms with van der Waals surface area (Å²) in [6, 6.07) is 16.2. The van der Waals surface area contributed by atoms with Crippen LogP contribution in [0.4, 0.5) is 0 Å². The van der Waals surface area contributed by atoms with Crippen LogP contribution in [0.5, 0.6) is 0 Å². The van der Waals surface area contributed by atoms with E-state index in [4.69, 9.17) is 11.5 Å². The van der Waals surface area contributed by atoms with Crippen LogP contribution in [0.25, 0.3) is 10.9 Å². The second-order valence-corrected chi connectivity index (χ2v) is 10.7. The summed E-state index contributed by atoms with van der Waals surface area (Å²) in [5, 5.41) is 30.4. The van der Waals surface area contributed by atoms with Gasteiger partial charge in [0.25, 0.3) is 11.8 Å². The smallest absolute Gasteiger partial charge is 0.276 e. The molecule has 4 rings (SSSR count). The van der Waals surface area contributed by atoms with Crippen molar-refractivity contribution in [1.29, 1.82) is 0 Å². The fourth-order valence-electron chi connectivity index (χ4n) is 5.31. The molecule has 4 amide bonds. The number of amides is 4. The number of hydrogen-bond donors (Lipinski definition) is 5. The summed E-state index contributed by atoms with van der Waals surface area (Å²) in [5.41, 5.74) is 12.9. The van der Waals surface area contributed by atoms with Crippen molar-refractivity contribution in [2.45, 2.75) is 56.3 Å². The molecule has 2 aromatic carbocycles. The number of nitrogens with zero attached hydrogens (tertiary/aromatic N) is 2. The molecule has 4 unspecified atom stereocenters. The van der Waals surface area contributed by atoms with Gasteiger partial charge in [0, 0.05) is 11.8 Å². The van der Waals surface area contributed by atoms with Crippen molar-refractivity contribution in [3.63, 3.8) is 0 Å². The predicted octanol–water partition coefficient (Wildman–Crippen LogP) is 0.649. The number of carbonyl (C=O) groups is 4. The number of rotatable bonds is 11. The van der Waals surface area contributed by atoms with Gasteiger partial charge in [-0.15, -0.1) is 0 Å². The number of pyridine rings is 1. The molecular weight excluding hydrogens is 540 g/mol. The van der Waals surface area contributed by atoms with E-state index in [1.165, 1.54) is 6.07 Å². The fraction of sp³-hybridized carbons (Fsp3) is 0.367. The molecule has 1 fully saturated rings. The number of hydrogen-bond acceptors (Lipinski definition) is 8. The minimum absolute atomic E-state index is 0.0350. The molecule has 12 nitrogen and oxygen atoms in total. The highest BCUT2D eigenvalue weighted by Crippen LogP contribution is 2.26. The number of benzene rings is 2. The largest absolute Gasteiger partial charge is 0.632 e. The number of fused-ring (bicyclic) bond motifs is 1. The lowest BCUT2D eigenvalue weighted by Gasteiger charge is -2.51. The summed E-state index contributed by atoms with van der Waals surface area (Å²) >= 11 is 0. The van der Waals surface area contributed by atoms with Gasteiger partial charge in [-0.25, -0.2) is 4.98 Å². The van der Waals surface area contributed by atoms with E-state index in [1.54, 1.807) is 42.5 Å². The Labute approximate surface area is 243 Å². The molecule has 5 atom stereocenters. The van der Waals surface area contributed by atoms with Crippen LogP contribution in [-0.4, -0.2) is 75.7 Å². The molecule has 1 aromatic heterocycles. The molecule has 0 radical (unpaired) electrons. The molecule has 0 spiro atoms. The highest BCUT2D eigenvalue weighted by Gasteiger charge is 2.40. The average molecular weight is 577 g/mol. The second kappa shape index (κ2) is 13.6. The van der Waals surface area contributed by atoms with Crippen molar-refractivity contribution in [2.75, 3.05) is 13.1 Å². The minimum atomic E-state index is -1.35. The lowest BCUT2D eigenvalue weighted by Crippen LogP contribution is -2.64. The van der Waals surface area contributed by atoms with Crippen LogP contribution in [0.15, 0.2) is 66.7 Å². The van der Waals surface area contributed by atoms with Gasteiger partial charge in [-0.05, 0) is 37.0 Å². The quantitative estimate of drug-likeness (QED) is 0.162. The van der Waals surface area contributed by atoms with Crippen LogP contribution in [0.2, 0.25) is 0 Å². The Morgan fingerprint density at radius 3 is 2.48 bits per heavy atom. The molecule has 3 aromatic rings. The molecule has 222 valence electrons. The molecule has 2 heterocycles. The van der Waals surface area contributed by atoms with E-state index in [2.05, 4.69) is 15.6 Å². The number of primary amides is 1. The van der Waals surface area contributed by atoms with Crippen molar-refractivity contribution in [3.05, 3.63) is 83.2 Å². The van der Waals surface area contributed by atoms with Crippen molar-refractivity contribution in [2.24, 2.45) is 11.5 Å². The number of aliphatic hydroxyl groups excluding tert-OH is 1. The molecule has 1 aliphatic rings. The fourth-order valence-corrected chi connectivity index (χ4v) is 5.31. The number of likely N-dealkylation sites (tertiary alicyclic amines) is 1. The number of nitrogens with one attached hydrogen (secondary N) is 2. The molecule has 7 N–H and O–H groups in total. The Morgan fingerprint density at radius 1 is 1.02 bits per heavy atom. The first-order chi connectivity index (χ1) is 20.1. The van der Waals surface area contributed by atoms with Crippen molar-refractivity contribution in [1.82, 2.24) is 15.6 Å². The SMILES string of the molecule is NC(=O)C1CCCC[N+]1([O-])CC(O)C(Cc1ccccc1)NC(=O)[C@@H](N)CC(=O)NC(=O)c1ccc2ccccc2n1. The van der Waals surface area contributed by atoms with Gasteiger partial charge in [0.2, 0.25) is 11.8 Å². The number of hydroxylamine groups is 3.